The Balaban J connectivity index is 0.00000432. The van der Waals surface area contributed by atoms with Gasteiger partial charge in [-0.15, -0.1) is 12.4 Å². The predicted octanol–water partition coefficient (Wildman–Crippen LogP) is 2.14. The van der Waals surface area contributed by atoms with Crippen LogP contribution in [0.15, 0.2) is 24.3 Å². The average Bonchev–Trinajstić information content (AvgIpc) is 3.34. The number of aliphatic hydroxyl groups excluding tert-OH is 1. The highest BCUT2D eigenvalue weighted by Gasteiger charge is 2.39. The fraction of sp³-hybridized carbons (Fsp3) is 0.640. The molecule has 3 amide bonds. The first kappa shape index (κ1) is 29.4. The van der Waals surface area contributed by atoms with Crippen LogP contribution in [0.1, 0.15) is 51.0 Å². The molecule has 4 N–H and O–H groups in total. The molecule has 0 aromatic heterocycles. The zero-order valence-electron chi connectivity index (χ0n) is 20.3. The lowest BCUT2D eigenvalue weighted by Gasteiger charge is -2.40. The molecule has 0 unspecified atom stereocenters. The van der Waals surface area contributed by atoms with Gasteiger partial charge >= 0.3 is 0 Å². The zero-order valence-corrected chi connectivity index (χ0v) is 21.9. The van der Waals surface area contributed by atoms with Gasteiger partial charge in [0.15, 0.2) is 0 Å². The first-order valence-corrected chi connectivity index (χ1v) is 12.7. The average molecular weight is 530 g/mol. The lowest BCUT2D eigenvalue weighted by atomic mass is 9.92. The maximum absolute atomic E-state index is 13.5. The Morgan fingerprint density at radius 3 is 2.40 bits per heavy atom. The van der Waals surface area contributed by atoms with Gasteiger partial charge in [-0.05, 0) is 37.0 Å². The molecule has 35 heavy (non-hydrogen) atoms. The van der Waals surface area contributed by atoms with E-state index in [2.05, 4.69) is 5.32 Å². The summed E-state index contributed by atoms with van der Waals surface area (Å²) in [7, 11) is 0. The predicted molar refractivity (Wildman–Crippen MR) is 138 cm³/mol. The van der Waals surface area contributed by atoms with Crippen LogP contribution in [0.4, 0.5) is 0 Å². The molecule has 3 atom stereocenters. The number of carbonyl (C=O) groups is 3. The van der Waals surface area contributed by atoms with Crippen molar-refractivity contribution in [2.45, 2.75) is 70.0 Å². The van der Waals surface area contributed by atoms with Crippen LogP contribution in [0, 0.1) is 5.92 Å². The Labute approximate surface area is 218 Å². The molecule has 2 fully saturated rings. The van der Waals surface area contributed by atoms with Crippen molar-refractivity contribution in [3.63, 3.8) is 0 Å². The van der Waals surface area contributed by atoms with Crippen molar-refractivity contribution in [1.82, 2.24) is 15.1 Å². The lowest BCUT2D eigenvalue weighted by molar-refractivity contribution is -0.143. The standard InChI is InChI=1S/C25H37ClN4O4.ClH/c1-17(16-31)24(33)30(20-5-3-2-4-6-20)21-11-12-29(15-21)25(34)22(28-23(32)14-27)13-18-7-9-19(26)10-8-18;/h7-10,17,20-22,31H,2-6,11-16,27H2,1H3,(H,28,32);1H/t17-,21+,22-;/m1./s1. The number of hydrogen-bond acceptors (Lipinski definition) is 5. The number of rotatable bonds is 9. The number of nitrogens with one attached hydrogen (secondary N) is 1. The van der Waals surface area contributed by atoms with Gasteiger partial charge in [0, 0.05) is 30.6 Å². The van der Waals surface area contributed by atoms with E-state index in [1.54, 1.807) is 24.0 Å². The van der Waals surface area contributed by atoms with Crippen LogP contribution < -0.4 is 11.1 Å². The molecule has 1 heterocycles. The van der Waals surface area contributed by atoms with E-state index in [-0.39, 0.29) is 55.4 Å². The Kier molecular flexibility index (Phi) is 11.8. The molecule has 10 heteroatoms. The summed E-state index contributed by atoms with van der Waals surface area (Å²) in [4.78, 5) is 42.4. The number of likely N-dealkylation sites (tertiary alicyclic amines) is 1. The van der Waals surface area contributed by atoms with Gasteiger partial charge in [-0.3, -0.25) is 14.4 Å². The minimum atomic E-state index is -0.744. The second-order valence-electron chi connectivity index (χ2n) is 9.50. The van der Waals surface area contributed by atoms with Crippen LogP contribution in [0.2, 0.25) is 5.02 Å². The van der Waals surface area contributed by atoms with Crippen LogP contribution in [0.3, 0.4) is 0 Å². The van der Waals surface area contributed by atoms with Gasteiger partial charge in [-0.1, -0.05) is 49.9 Å². The monoisotopic (exact) mass is 528 g/mol. The van der Waals surface area contributed by atoms with E-state index < -0.39 is 12.0 Å². The Bertz CT molecular complexity index is 848. The maximum Gasteiger partial charge on any atom is 0.245 e. The van der Waals surface area contributed by atoms with Gasteiger partial charge in [0.1, 0.15) is 6.04 Å². The van der Waals surface area contributed by atoms with E-state index in [0.717, 1.165) is 31.2 Å². The molecule has 196 valence electrons. The molecular formula is C25H38Cl2N4O4. The van der Waals surface area contributed by atoms with Crippen LogP contribution in [0.5, 0.6) is 0 Å². The number of halogens is 2. The summed E-state index contributed by atoms with van der Waals surface area (Å²) in [6.45, 7) is 2.31. The second-order valence-corrected chi connectivity index (χ2v) is 9.94. The van der Waals surface area contributed by atoms with E-state index in [9.17, 15) is 19.5 Å². The number of carbonyl (C=O) groups excluding carboxylic acids is 3. The molecular weight excluding hydrogens is 491 g/mol. The molecule has 1 aromatic rings. The molecule has 8 nitrogen and oxygen atoms in total. The van der Waals surface area contributed by atoms with E-state index >= 15 is 0 Å². The van der Waals surface area contributed by atoms with Crippen molar-refractivity contribution in [2.24, 2.45) is 11.7 Å². The van der Waals surface area contributed by atoms with Crippen LogP contribution in [0.25, 0.3) is 0 Å². The van der Waals surface area contributed by atoms with Gasteiger partial charge in [0.2, 0.25) is 17.7 Å². The van der Waals surface area contributed by atoms with Crippen molar-refractivity contribution < 1.29 is 19.5 Å². The molecule has 1 aliphatic carbocycles. The molecule has 3 rings (SSSR count). The van der Waals surface area contributed by atoms with E-state index in [1.165, 1.54) is 6.42 Å². The fourth-order valence-corrected chi connectivity index (χ4v) is 5.17. The highest BCUT2D eigenvalue weighted by Crippen LogP contribution is 2.29. The lowest BCUT2D eigenvalue weighted by Crippen LogP contribution is -2.53. The third-order valence-electron chi connectivity index (χ3n) is 6.96. The second kappa shape index (κ2) is 14.0. The minimum absolute atomic E-state index is 0. The highest BCUT2D eigenvalue weighted by atomic mass is 35.5. The Morgan fingerprint density at radius 2 is 1.80 bits per heavy atom. The molecule has 0 radical (unpaired) electrons. The number of amides is 3. The number of nitrogens with two attached hydrogens (primary N) is 1. The van der Waals surface area contributed by atoms with Crippen molar-refractivity contribution in [3.05, 3.63) is 34.9 Å². The Hall–Kier alpha value is -1.87. The van der Waals surface area contributed by atoms with Gasteiger partial charge in [-0.2, -0.15) is 0 Å². The normalized spacial score (nSPS) is 20.0. The molecule has 1 aliphatic heterocycles. The highest BCUT2D eigenvalue weighted by molar-refractivity contribution is 6.30. The first-order valence-electron chi connectivity index (χ1n) is 12.3. The summed E-state index contributed by atoms with van der Waals surface area (Å²) >= 11 is 5.98. The topological polar surface area (TPSA) is 116 Å². The quantitative estimate of drug-likeness (QED) is 0.454. The zero-order chi connectivity index (χ0) is 24.7. The van der Waals surface area contributed by atoms with Gasteiger partial charge in [-0.25, -0.2) is 0 Å². The number of nitrogens with zero attached hydrogens (tertiary/aromatic N) is 2. The van der Waals surface area contributed by atoms with Crippen molar-refractivity contribution >= 4 is 41.7 Å². The van der Waals surface area contributed by atoms with Crippen LogP contribution in [-0.4, -0.2) is 77.0 Å². The number of hydrogen-bond donors (Lipinski definition) is 3. The van der Waals surface area contributed by atoms with Crippen LogP contribution >= 0.6 is 24.0 Å². The first-order chi connectivity index (χ1) is 16.3. The summed E-state index contributed by atoms with van der Waals surface area (Å²) in [5.74, 6) is -1.07. The summed E-state index contributed by atoms with van der Waals surface area (Å²) in [6, 6.07) is 6.50. The van der Waals surface area contributed by atoms with Gasteiger partial charge < -0.3 is 26.0 Å². The summed E-state index contributed by atoms with van der Waals surface area (Å²) < 4.78 is 0. The largest absolute Gasteiger partial charge is 0.396 e. The maximum atomic E-state index is 13.5. The summed E-state index contributed by atoms with van der Waals surface area (Å²) in [6.07, 6.45) is 6.29. The Morgan fingerprint density at radius 1 is 1.14 bits per heavy atom. The smallest absolute Gasteiger partial charge is 0.245 e. The molecule has 2 aliphatic rings. The molecule has 1 saturated carbocycles. The van der Waals surface area contributed by atoms with Gasteiger partial charge in [0.25, 0.3) is 0 Å². The minimum Gasteiger partial charge on any atom is -0.396 e. The molecule has 1 saturated heterocycles. The third-order valence-corrected chi connectivity index (χ3v) is 7.21. The SMILES string of the molecule is C[C@H](CO)C(=O)N(C1CCCCC1)[C@H]1CCN(C(=O)[C@@H](Cc2ccc(Cl)cc2)NC(=O)CN)C1.Cl. The third kappa shape index (κ3) is 7.81. The van der Waals surface area contributed by atoms with Gasteiger partial charge in [0.05, 0.1) is 25.1 Å². The van der Waals surface area contributed by atoms with Crippen molar-refractivity contribution in [3.8, 4) is 0 Å². The van der Waals surface area contributed by atoms with E-state index in [4.69, 9.17) is 17.3 Å². The fourth-order valence-electron chi connectivity index (χ4n) is 5.05. The summed E-state index contributed by atoms with van der Waals surface area (Å²) in [5, 5.41) is 13.0. The molecule has 0 bridgehead atoms. The number of benzene rings is 1. The number of aliphatic hydroxyl groups is 1. The van der Waals surface area contributed by atoms with Crippen LogP contribution in [-0.2, 0) is 20.8 Å². The van der Waals surface area contributed by atoms with Crippen molar-refractivity contribution in [2.75, 3.05) is 26.2 Å². The molecule has 0 spiro atoms. The summed E-state index contributed by atoms with van der Waals surface area (Å²) in [5.41, 5.74) is 6.37. The van der Waals surface area contributed by atoms with E-state index in [1.807, 2.05) is 17.0 Å². The van der Waals surface area contributed by atoms with Crippen molar-refractivity contribution in [1.29, 1.82) is 0 Å². The molecule has 1 aromatic carbocycles. The van der Waals surface area contributed by atoms with E-state index in [0.29, 0.717) is 31.0 Å².